The van der Waals surface area contributed by atoms with Crippen molar-refractivity contribution in [3.63, 3.8) is 0 Å². The van der Waals surface area contributed by atoms with Crippen LogP contribution in [-0.4, -0.2) is 32.3 Å². The lowest BCUT2D eigenvalue weighted by molar-refractivity contribution is -0.385. The average molecular weight is 342 g/mol. The van der Waals surface area contributed by atoms with Crippen molar-refractivity contribution >= 4 is 17.5 Å². The van der Waals surface area contributed by atoms with Gasteiger partial charge in [-0.2, -0.15) is 0 Å². The summed E-state index contributed by atoms with van der Waals surface area (Å²) in [6.45, 7) is 5.29. The summed E-state index contributed by atoms with van der Waals surface area (Å²) in [5.74, 6) is -1.52. The number of aromatic nitrogens is 1. The maximum Gasteiger partial charge on any atom is 0.293 e. The van der Waals surface area contributed by atoms with Gasteiger partial charge in [0, 0.05) is 17.8 Å². The topological polar surface area (TPSA) is 105 Å². The van der Waals surface area contributed by atoms with Crippen LogP contribution in [0.4, 0.5) is 5.69 Å². The first-order chi connectivity index (χ1) is 11.7. The van der Waals surface area contributed by atoms with E-state index < -0.39 is 22.3 Å². The molecule has 130 valence electrons. The van der Waals surface area contributed by atoms with Crippen molar-refractivity contribution in [3.8, 4) is 0 Å². The molecular weight excluding hydrogens is 324 g/mol. The zero-order valence-corrected chi connectivity index (χ0v) is 14.1. The van der Waals surface area contributed by atoms with E-state index in [1.54, 1.807) is 32.9 Å². The lowest BCUT2D eigenvalue weighted by Gasteiger charge is -2.29. The molecule has 0 aliphatic heterocycles. The number of imide groups is 1. The standard InChI is InChI=1S/C17H18N4O4/c1-17(2,3)19-20(16(23)13-9-6-7-11-18-13)15(22)12-8-4-5-10-14(12)21(24)25/h4-11,19H,1-3H3. The molecule has 0 unspecified atom stereocenters. The maximum absolute atomic E-state index is 12.9. The van der Waals surface area contributed by atoms with Crippen molar-refractivity contribution in [1.82, 2.24) is 15.4 Å². The Bertz CT molecular complexity index is 800. The molecule has 0 radical (unpaired) electrons. The van der Waals surface area contributed by atoms with Gasteiger partial charge in [-0.15, -0.1) is 0 Å². The van der Waals surface area contributed by atoms with Gasteiger partial charge in [-0.1, -0.05) is 18.2 Å². The van der Waals surface area contributed by atoms with Gasteiger partial charge in [-0.05, 0) is 39.0 Å². The number of hydrogen-bond donors (Lipinski definition) is 1. The summed E-state index contributed by atoms with van der Waals surface area (Å²) in [7, 11) is 0. The molecule has 2 aromatic rings. The lowest BCUT2D eigenvalue weighted by atomic mass is 10.1. The summed E-state index contributed by atoms with van der Waals surface area (Å²) in [5.41, 5.74) is 1.64. The summed E-state index contributed by atoms with van der Waals surface area (Å²) in [4.78, 5) is 40.1. The molecule has 0 atom stereocenters. The predicted molar refractivity (Wildman–Crippen MR) is 90.7 cm³/mol. The van der Waals surface area contributed by atoms with Crippen molar-refractivity contribution in [3.05, 3.63) is 70.0 Å². The molecule has 0 saturated heterocycles. The van der Waals surface area contributed by atoms with Crippen LogP contribution in [0.25, 0.3) is 0 Å². The third-order valence-corrected chi connectivity index (χ3v) is 3.07. The largest absolute Gasteiger partial charge is 0.293 e. The molecular formula is C17H18N4O4. The number of carbonyl (C=O) groups excluding carboxylic acids is 2. The third-order valence-electron chi connectivity index (χ3n) is 3.07. The number of nitro benzene ring substituents is 1. The first kappa shape index (κ1) is 18.2. The van der Waals surface area contributed by atoms with Crippen molar-refractivity contribution in [2.75, 3.05) is 0 Å². The highest BCUT2D eigenvalue weighted by Gasteiger charge is 2.32. The summed E-state index contributed by atoms with van der Waals surface area (Å²) < 4.78 is 0. The minimum Gasteiger partial charge on any atom is -0.267 e. The molecule has 2 amide bonds. The smallest absolute Gasteiger partial charge is 0.267 e. The molecule has 8 nitrogen and oxygen atoms in total. The normalized spacial score (nSPS) is 11.0. The molecule has 8 heteroatoms. The minimum atomic E-state index is -0.821. The van der Waals surface area contributed by atoms with Gasteiger partial charge in [0.05, 0.1) is 4.92 Å². The van der Waals surface area contributed by atoms with Gasteiger partial charge in [0.15, 0.2) is 0 Å². The zero-order chi connectivity index (χ0) is 18.6. The fourth-order valence-electron chi connectivity index (χ4n) is 2.07. The average Bonchev–Trinajstić information content (AvgIpc) is 2.58. The first-order valence-electron chi connectivity index (χ1n) is 7.52. The Morgan fingerprint density at radius 1 is 1.08 bits per heavy atom. The van der Waals surface area contributed by atoms with E-state index in [0.29, 0.717) is 0 Å². The Hall–Kier alpha value is -3.13. The van der Waals surface area contributed by atoms with Crippen LogP contribution in [0.3, 0.4) is 0 Å². The van der Waals surface area contributed by atoms with Crippen molar-refractivity contribution in [2.45, 2.75) is 26.3 Å². The first-order valence-corrected chi connectivity index (χ1v) is 7.52. The van der Waals surface area contributed by atoms with Gasteiger partial charge in [-0.25, -0.2) is 10.4 Å². The molecule has 0 spiro atoms. The van der Waals surface area contributed by atoms with Crippen LogP contribution in [0.1, 0.15) is 41.6 Å². The van der Waals surface area contributed by atoms with Crippen LogP contribution in [0, 0.1) is 10.1 Å². The molecule has 1 heterocycles. The summed E-state index contributed by atoms with van der Waals surface area (Å²) >= 11 is 0. The van der Waals surface area contributed by atoms with Gasteiger partial charge < -0.3 is 0 Å². The van der Waals surface area contributed by atoms with E-state index >= 15 is 0 Å². The quantitative estimate of drug-likeness (QED) is 0.520. The number of benzene rings is 1. The monoisotopic (exact) mass is 342 g/mol. The Kier molecular flexibility index (Phi) is 5.23. The van der Waals surface area contributed by atoms with Gasteiger partial charge >= 0.3 is 0 Å². The van der Waals surface area contributed by atoms with Crippen molar-refractivity contribution in [1.29, 1.82) is 0 Å². The SMILES string of the molecule is CC(C)(C)NN(C(=O)c1ccccn1)C(=O)c1ccccc1[N+](=O)[O-]. The van der Waals surface area contributed by atoms with E-state index in [1.807, 2.05) is 0 Å². The molecule has 2 rings (SSSR count). The third kappa shape index (κ3) is 4.45. The number of nitrogens with zero attached hydrogens (tertiary/aromatic N) is 3. The van der Waals surface area contributed by atoms with Crippen molar-refractivity contribution in [2.24, 2.45) is 0 Å². The van der Waals surface area contributed by atoms with Gasteiger partial charge in [-0.3, -0.25) is 24.7 Å². The molecule has 1 aromatic carbocycles. The zero-order valence-electron chi connectivity index (χ0n) is 14.1. The Morgan fingerprint density at radius 2 is 1.72 bits per heavy atom. The second kappa shape index (κ2) is 7.18. The van der Waals surface area contributed by atoms with Gasteiger partial charge in [0.25, 0.3) is 17.5 Å². The molecule has 0 aliphatic carbocycles. The fraction of sp³-hybridized carbons (Fsp3) is 0.235. The highest BCUT2D eigenvalue weighted by atomic mass is 16.6. The molecule has 0 fully saturated rings. The number of rotatable bonds is 4. The van der Waals surface area contributed by atoms with Crippen LogP contribution >= 0.6 is 0 Å². The second-order valence-electron chi connectivity index (χ2n) is 6.30. The van der Waals surface area contributed by atoms with Crippen LogP contribution < -0.4 is 5.43 Å². The Balaban J connectivity index is 2.48. The lowest BCUT2D eigenvalue weighted by Crippen LogP contribution is -2.55. The molecule has 0 saturated carbocycles. The van der Waals surface area contributed by atoms with Gasteiger partial charge in [0.2, 0.25) is 0 Å². The van der Waals surface area contributed by atoms with Crippen molar-refractivity contribution < 1.29 is 14.5 Å². The van der Waals surface area contributed by atoms with E-state index in [2.05, 4.69) is 10.4 Å². The highest BCUT2D eigenvalue weighted by Crippen LogP contribution is 2.20. The molecule has 25 heavy (non-hydrogen) atoms. The second-order valence-corrected chi connectivity index (χ2v) is 6.30. The number of carbonyl (C=O) groups is 2. The Morgan fingerprint density at radius 3 is 2.28 bits per heavy atom. The number of para-hydroxylation sites is 1. The Labute approximate surface area is 144 Å². The molecule has 0 aliphatic rings. The van der Waals surface area contributed by atoms with Gasteiger partial charge in [0.1, 0.15) is 11.3 Å². The van der Waals surface area contributed by atoms with E-state index in [-0.39, 0.29) is 16.9 Å². The van der Waals surface area contributed by atoms with Crippen LogP contribution in [0.5, 0.6) is 0 Å². The highest BCUT2D eigenvalue weighted by molar-refractivity contribution is 6.10. The summed E-state index contributed by atoms with van der Waals surface area (Å²) in [6, 6.07) is 10.2. The maximum atomic E-state index is 12.9. The predicted octanol–water partition coefficient (Wildman–Crippen LogP) is 2.58. The molecule has 1 aromatic heterocycles. The number of nitrogens with one attached hydrogen (secondary N) is 1. The fourth-order valence-corrected chi connectivity index (χ4v) is 2.07. The van der Waals surface area contributed by atoms with E-state index in [9.17, 15) is 19.7 Å². The van der Waals surface area contributed by atoms with Crippen LogP contribution in [0.2, 0.25) is 0 Å². The number of amides is 2. The molecule has 0 bridgehead atoms. The number of pyridine rings is 1. The summed E-state index contributed by atoms with van der Waals surface area (Å²) in [5, 5.41) is 12.0. The number of hydrazine groups is 1. The minimum absolute atomic E-state index is 0.0474. The number of nitro groups is 1. The van der Waals surface area contributed by atoms with E-state index in [0.717, 1.165) is 5.01 Å². The van der Waals surface area contributed by atoms with Crippen LogP contribution in [-0.2, 0) is 0 Å². The molecule has 1 N–H and O–H groups in total. The number of hydrogen-bond acceptors (Lipinski definition) is 6. The van der Waals surface area contributed by atoms with Crippen LogP contribution in [0.15, 0.2) is 48.7 Å². The van der Waals surface area contributed by atoms with E-state index in [1.165, 1.54) is 36.5 Å². The van der Waals surface area contributed by atoms with E-state index in [4.69, 9.17) is 0 Å². The summed E-state index contributed by atoms with van der Waals surface area (Å²) in [6.07, 6.45) is 1.43.